The van der Waals surface area contributed by atoms with E-state index >= 15 is 0 Å². The van der Waals surface area contributed by atoms with Crippen LogP contribution >= 0.6 is 0 Å². The summed E-state index contributed by atoms with van der Waals surface area (Å²) < 4.78 is 5.15. The molecule has 0 aliphatic carbocycles. The number of hydrogen-bond acceptors (Lipinski definition) is 4. The summed E-state index contributed by atoms with van der Waals surface area (Å²) in [6.07, 6.45) is 0. The number of rotatable bonds is 6. The molecule has 0 atom stereocenters. The highest BCUT2D eigenvalue weighted by molar-refractivity contribution is 6.11. The summed E-state index contributed by atoms with van der Waals surface area (Å²) in [7, 11) is 0. The molecule has 0 unspecified atom stereocenters. The molecule has 0 aliphatic rings. The first kappa shape index (κ1) is 14.2. The third kappa shape index (κ3) is 3.07. The van der Waals surface area contributed by atoms with E-state index in [9.17, 15) is 9.59 Å². The Balaban J connectivity index is 2.85. The van der Waals surface area contributed by atoms with Crippen molar-refractivity contribution in [2.75, 3.05) is 13.2 Å². The first-order valence-electron chi connectivity index (χ1n) is 5.51. The molecule has 98 valence electrons. The molecule has 0 heterocycles. The molecule has 18 heavy (non-hydrogen) atoms. The zero-order valence-electron chi connectivity index (χ0n) is 10.3. The van der Waals surface area contributed by atoms with Gasteiger partial charge in [-0.05, 0) is 38.1 Å². The van der Waals surface area contributed by atoms with Crippen LogP contribution in [0.5, 0.6) is 5.75 Å². The average Bonchev–Trinajstić information content (AvgIpc) is 2.35. The van der Waals surface area contributed by atoms with Crippen molar-refractivity contribution in [3.05, 3.63) is 29.8 Å². The zero-order valence-corrected chi connectivity index (χ0v) is 10.3. The van der Waals surface area contributed by atoms with Gasteiger partial charge in [0.15, 0.2) is 5.78 Å². The number of aliphatic hydroxyl groups is 1. The molecule has 0 aromatic heterocycles. The minimum absolute atomic E-state index is 0.0905. The number of aliphatic hydroxyl groups excluding tert-OH is 1. The molecule has 0 saturated heterocycles. The second kappa shape index (κ2) is 5.64. The average molecular weight is 252 g/mol. The minimum atomic E-state index is -1.45. The predicted molar refractivity (Wildman–Crippen MR) is 64.8 cm³/mol. The normalized spacial score (nSPS) is 11.1. The maximum absolute atomic E-state index is 12.0. The van der Waals surface area contributed by atoms with Gasteiger partial charge in [-0.1, -0.05) is 0 Å². The Hall–Kier alpha value is -1.88. The quantitative estimate of drug-likeness (QED) is 0.589. The maximum atomic E-state index is 12.0. The van der Waals surface area contributed by atoms with Gasteiger partial charge < -0.3 is 14.9 Å². The topological polar surface area (TPSA) is 83.8 Å². The van der Waals surface area contributed by atoms with Crippen molar-refractivity contribution in [1.82, 2.24) is 0 Å². The molecule has 1 aromatic carbocycles. The van der Waals surface area contributed by atoms with Crippen molar-refractivity contribution in [2.45, 2.75) is 13.8 Å². The van der Waals surface area contributed by atoms with E-state index in [1.54, 1.807) is 12.1 Å². The summed E-state index contributed by atoms with van der Waals surface area (Å²) >= 11 is 0. The van der Waals surface area contributed by atoms with Crippen molar-refractivity contribution < 1.29 is 24.5 Å². The lowest BCUT2D eigenvalue weighted by atomic mass is 9.84. The van der Waals surface area contributed by atoms with Crippen LogP contribution in [-0.2, 0) is 4.79 Å². The molecule has 2 N–H and O–H groups in total. The summed E-state index contributed by atoms with van der Waals surface area (Å²) in [6, 6.07) is 6.17. The number of benzene rings is 1. The van der Waals surface area contributed by atoms with Crippen LogP contribution in [0, 0.1) is 5.41 Å². The number of Topliss-reactive ketones (excluding diaryl/α,β-unsaturated/α-hetero) is 1. The van der Waals surface area contributed by atoms with Crippen LogP contribution in [0.1, 0.15) is 24.2 Å². The van der Waals surface area contributed by atoms with Gasteiger partial charge in [0, 0.05) is 5.56 Å². The van der Waals surface area contributed by atoms with Gasteiger partial charge in [0.1, 0.15) is 17.8 Å². The van der Waals surface area contributed by atoms with Crippen LogP contribution in [0.3, 0.4) is 0 Å². The van der Waals surface area contributed by atoms with Crippen molar-refractivity contribution in [2.24, 2.45) is 5.41 Å². The molecule has 0 aliphatic heterocycles. The Labute approximate surface area is 105 Å². The fourth-order valence-electron chi connectivity index (χ4n) is 1.32. The van der Waals surface area contributed by atoms with E-state index in [2.05, 4.69) is 0 Å². The number of hydrogen-bond donors (Lipinski definition) is 2. The van der Waals surface area contributed by atoms with E-state index in [1.807, 2.05) is 0 Å². The van der Waals surface area contributed by atoms with Gasteiger partial charge in [0.05, 0.1) is 6.61 Å². The number of carboxylic acids is 1. The summed E-state index contributed by atoms with van der Waals surface area (Å²) in [4.78, 5) is 22.9. The van der Waals surface area contributed by atoms with Gasteiger partial charge >= 0.3 is 5.97 Å². The first-order chi connectivity index (χ1) is 8.39. The van der Waals surface area contributed by atoms with Crippen LogP contribution in [0.15, 0.2) is 24.3 Å². The van der Waals surface area contributed by atoms with Gasteiger partial charge in [-0.3, -0.25) is 9.59 Å². The van der Waals surface area contributed by atoms with Gasteiger partial charge in [0.2, 0.25) is 0 Å². The van der Waals surface area contributed by atoms with E-state index in [1.165, 1.54) is 26.0 Å². The Morgan fingerprint density at radius 2 is 1.78 bits per heavy atom. The lowest BCUT2D eigenvalue weighted by Gasteiger charge is -2.17. The molecule has 5 nitrogen and oxygen atoms in total. The molecule has 0 saturated carbocycles. The van der Waals surface area contributed by atoms with Gasteiger partial charge in [0.25, 0.3) is 0 Å². The summed E-state index contributed by atoms with van der Waals surface area (Å²) in [5, 5.41) is 17.6. The monoisotopic (exact) mass is 252 g/mol. The lowest BCUT2D eigenvalue weighted by molar-refractivity contribution is -0.144. The Morgan fingerprint density at radius 1 is 1.22 bits per heavy atom. The molecule has 1 rings (SSSR count). The highest BCUT2D eigenvalue weighted by Crippen LogP contribution is 2.23. The molecule has 0 radical (unpaired) electrons. The van der Waals surface area contributed by atoms with Crippen molar-refractivity contribution in [3.63, 3.8) is 0 Å². The standard InChI is InChI=1S/C13H16O5/c1-13(2,12(16)17)11(15)9-3-5-10(6-4-9)18-8-7-14/h3-6,14H,7-8H2,1-2H3,(H,16,17). The molecule has 5 heteroatoms. The van der Waals surface area contributed by atoms with Crippen LogP contribution in [0.4, 0.5) is 0 Å². The Bertz CT molecular complexity index is 433. The summed E-state index contributed by atoms with van der Waals surface area (Å²) in [6.45, 7) is 2.82. The fraction of sp³-hybridized carbons (Fsp3) is 0.385. The highest BCUT2D eigenvalue weighted by atomic mass is 16.5. The van der Waals surface area contributed by atoms with Crippen LogP contribution in [0.2, 0.25) is 0 Å². The van der Waals surface area contributed by atoms with E-state index < -0.39 is 17.2 Å². The predicted octanol–water partition coefficient (Wildman–Crippen LogP) is 1.35. The highest BCUT2D eigenvalue weighted by Gasteiger charge is 2.36. The minimum Gasteiger partial charge on any atom is -0.491 e. The maximum Gasteiger partial charge on any atom is 0.316 e. The van der Waals surface area contributed by atoms with Crippen molar-refractivity contribution in [3.8, 4) is 5.75 Å². The third-order valence-corrected chi connectivity index (χ3v) is 2.58. The van der Waals surface area contributed by atoms with Crippen molar-refractivity contribution in [1.29, 1.82) is 0 Å². The molecule has 1 aromatic rings. The smallest absolute Gasteiger partial charge is 0.316 e. The Morgan fingerprint density at radius 3 is 2.22 bits per heavy atom. The van der Waals surface area contributed by atoms with E-state index in [0.29, 0.717) is 11.3 Å². The molecule has 0 amide bonds. The van der Waals surface area contributed by atoms with Crippen LogP contribution < -0.4 is 4.74 Å². The first-order valence-corrected chi connectivity index (χ1v) is 5.51. The fourth-order valence-corrected chi connectivity index (χ4v) is 1.32. The van der Waals surface area contributed by atoms with E-state index in [-0.39, 0.29) is 13.2 Å². The van der Waals surface area contributed by atoms with E-state index in [0.717, 1.165) is 0 Å². The number of carboxylic acid groups (broad SMARTS) is 1. The molecule has 0 spiro atoms. The molecule has 0 bridgehead atoms. The number of aliphatic carboxylic acids is 1. The number of carbonyl (C=O) groups is 2. The SMILES string of the molecule is CC(C)(C(=O)O)C(=O)c1ccc(OCCO)cc1. The van der Waals surface area contributed by atoms with Gasteiger partial charge in [-0.25, -0.2) is 0 Å². The lowest BCUT2D eigenvalue weighted by Crippen LogP contribution is -2.33. The van der Waals surface area contributed by atoms with Gasteiger partial charge in [-0.2, -0.15) is 0 Å². The Kier molecular flexibility index (Phi) is 4.44. The second-order valence-electron chi connectivity index (χ2n) is 4.36. The number of carbonyl (C=O) groups excluding carboxylic acids is 1. The molecular weight excluding hydrogens is 236 g/mol. The summed E-state index contributed by atoms with van der Waals surface area (Å²) in [5.41, 5.74) is -1.13. The van der Waals surface area contributed by atoms with Crippen molar-refractivity contribution >= 4 is 11.8 Å². The molecular formula is C13H16O5. The molecule has 0 fully saturated rings. The number of ketones is 1. The number of ether oxygens (including phenoxy) is 1. The summed E-state index contributed by atoms with van der Waals surface area (Å²) in [5.74, 6) is -1.09. The van der Waals surface area contributed by atoms with E-state index in [4.69, 9.17) is 14.9 Å². The second-order valence-corrected chi connectivity index (χ2v) is 4.36. The zero-order chi connectivity index (χ0) is 13.8. The van der Waals surface area contributed by atoms with Crippen LogP contribution in [0.25, 0.3) is 0 Å². The largest absolute Gasteiger partial charge is 0.491 e. The van der Waals surface area contributed by atoms with Crippen LogP contribution in [-0.4, -0.2) is 35.2 Å². The van der Waals surface area contributed by atoms with Gasteiger partial charge in [-0.15, -0.1) is 0 Å². The third-order valence-electron chi connectivity index (χ3n) is 2.58.